The van der Waals surface area contributed by atoms with Gasteiger partial charge in [-0.1, -0.05) is 30.3 Å². The molecule has 34 heavy (non-hydrogen) atoms. The van der Waals surface area contributed by atoms with Crippen LogP contribution in [-0.2, 0) is 16.1 Å². The van der Waals surface area contributed by atoms with E-state index in [-0.39, 0.29) is 24.4 Å². The summed E-state index contributed by atoms with van der Waals surface area (Å²) in [7, 11) is 1.62. The zero-order valence-electron chi connectivity index (χ0n) is 19.4. The molecule has 1 atom stereocenters. The summed E-state index contributed by atoms with van der Waals surface area (Å²) < 4.78 is 10.8. The van der Waals surface area contributed by atoms with Crippen molar-refractivity contribution < 1.29 is 19.1 Å². The number of benzene rings is 2. The largest absolute Gasteiger partial charge is 0.497 e. The predicted octanol–water partition coefficient (Wildman–Crippen LogP) is 2.36. The van der Waals surface area contributed by atoms with Crippen molar-refractivity contribution >= 4 is 22.7 Å². The molecule has 0 aliphatic carbocycles. The molecule has 0 spiro atoms. The van der Waals surface area contributed by atoms with Crippen molar-refractivity contribution in [1.82, 2.24) is 19.7 Å². The number of carbonyl (C=O) groups excluding carboxylic acids is 2. The fourth-order valence-electron chi connectivity index (χ4n) is 4.79. The lowest BCUT2D eigenvalue weighted by Gasteiger charge is -2.43. The van der Waals surface area contributed by atoms with Gasteiger partial charge in [0.1, 0.15) is 18.0 Å². The Morgan fingerprint density at radius 2 is 1.91 bits per heavy atom. The Hall–Kier alpha value is -3.36. The topological polar surface area (TPSA) is 78.1 Å². The van der Waals surface area contributed by atoms with Gasteiger partial charge in [-0.05, 0) is 29.8 Å². The van der Waals surface area contributed by atoms with Gasteiger partial charge in [-0.3, -0.25) is 14.5 Å². The van der Waals surface area contributed by atoms with Crippen molar-refractivity contribution in [1.29, 1.82) is 0 Å². The maximum absolute atomic E-state index is 13.4. The van der Waals surface area contributed by atoms with Crippen molar-refractivity contribution in [2.45, 2.75) is 12.6 Å². The Morgan fingerprint density at radius 1 is 1.12 bits per heavy atom. The molecule has 0 bridgehead atoms. The molecule has 1 N–H and O–H groups in total. The smallest absolute Gasteiger partial charge is 0.270 e. The second kappa shape index (κ2) is 9.87. The molecule has 8 nitrogen and oxygen atoms in total. The number of amides is 2. The van der Waals surface area contributed by atoms with Gasteiger partial charge in [-0.2, -0.15) is 0 Å². The van der Waals surface area contributed by atoms with Gasteiger partial charge >= 0.3 is 0 Å². The molecule has 3 heterocycles. The number of morpholine rings is 1. The van der Waals surface area contributed by atoms with Crippen LogP contribution >= 0.6 is 0 Å². The van der Waals surface area contributed by atoms with E-state index in [1.54, 1.807) is 12.0 Å². The van der Waals surface area contributed by atoms with E-state index in [0.717, 1.165) is 41.9 Å². The standard InChI is InChI=1S/C26H30N4O4/c1-33-22-7-8-23-20(13-22)14-24(27-23)26(32)29-17-21(16-28-9-11-34-12-10-28)30(25(31)18-29)15-19-5-3-2-4-6-19/h2-8,13-14,21,27H,9-12,15-18H2,1H3/t21-/m0/s1. The fourth-order valence-corrected chi connectivity index (χ4v) is 4.79. The predicted molar refractivity (Wildman–Crippen MR) is 129 cm³/mol. The molecule has 3 aromatic rings. The highest BCUT2D eigenvalue weighted by Crippen LogP contribution is 2.24. The minimum atomic E-state index is -0.158. The fraction of sp³-hybridized carbons (Fsp3) is 0.385. The monoisotopic (exact) mass is 462 g/mol. The number of methoxy groups -OCH3 is 1. The van der Waals surface area contributed by atoms with Gasteiger partial charge in [-0.25, -0.2) is 0 Å². The van der Waals surface area contributed by atoms with Crippen molar-refractivity contribution in [3.05, 3.63) is 65.9 Å². The van der Waals surface area contributed by atoms with Gasteiger partial charge in [0, 0.05) is 43.6 Å². The summed E-state index contributed by atoms with van der Waals surface area (Å²) in [6.45, 7) is 4.89. The minimum absolute atomic E-state index is 0.0282. The number of aromatic nitrogens is 1. The second-order valence-electron chi connectivity index (χ2n) is 8.90. The number of rotatable bonds is 6. The Bertz CT molecular complexity index is 1160. The van der Waals surface area contributed by atoms with Crippen molar-refractivity contribution in [2.75, 3.05) is 53.0 Å². The van der Waals surface area contributed by atoms with Crippen LogP contribution in [0.1, 0.15) is 16.1 Å². The summed E-state index contributed by atoms with van der Waals surface area (Å²) in [5.41, 5.74) is 2.44. The zero-order chi connectivity index (χ0) is 23.5. The molecule has 0 saturated carbocycles. The number of H-pyrrole nitrogens is 1. The van der Waals surface area contributed by atoms with Crippen LogP contribution < -0.4 is 4.74 Å². The third kappa shape index (κ3) is 4.78. The number of ether oxygens (including phenoxy) is 2. The van der Waals surface area contributed by atoms with E-state index < -0.39 is 0 Å². The molecule has 8 heteroatoms. The number of fused-ring (bicyclic) bond motifs is 1. The number of aromatic amines is 1. The molecular weight excluding hydrogens is 432 g/mol. The lowest BCUT2D eigenvalue weighted by atomic mass is 10.1. The average Bonchev–Trinajstić information content (AvgIpc) is 3.30. The van der Waals surface area contributed by atoms with E-state index >= 15 is 0 Å². The lowest BCUT2D eigenvalue weighted by molar-refractivity contribution is -0.140. The SMILES string of the molecule is COc1ccc2[nH]c(C(=O)N3CC(=O)N(Cc4ccccc4)[C@@H](CN4CCOCC4)C3)cc2c1. The second-order valence-corrected chi connectivity index (χ2v) is 8.90. The Labute approximate surface area is 199 Å². The van der Waals surface area contributed by atoms with Crippen LogP contribution in [-0.4, -0.2) is 90.6 Å². The van der Waals surface area contributed by atoms with E-state index in [1.807, 2.05) is 59.5 Å². The summed E-state index contributed by atoms with van der Waals surface area (Å²) in [4.78, 5) is 35.9. The quantitative estimate of drug-likeness (QED) is 0.609. The molecule has 2 fully saturated rings. The average molecular weight is 463 g/mol. The van der Waals surface area contributed by atoms with Gasteiger partial charge in [0.15, 0.2) is 0 Å². The molecule has 178 valence electrons. The number of carbonyl (C=O) groups is 2. The van der Waals surface area contributed by atoms with Crippen molar-refractivity contribution in [3.63, 3.8) is 0 Å². The van der Waals surface area contributed by atoms with Gasteiger partial charge in [-0.15, -0.1) is 0 Å². The Kier molecular flexibility index (Phi) is 6.51. The molecule has 0 radical (unpaired) electrons. The molecule has 1 aromatic heterocycles. The molecule has 2 aliphatic heterocycles. The molecule has 2 aromatic carbocycles. The van der Waals surface area contributed by atoms with Crippen molar-refractivity contribution in [3.8, 4) is 5.75 Å². The molecular formula is C26H30N4O4. The van der Waals surface area contributed by atoms with Gasteiger partial charge in [0.2, 0.25) is 5.91 Å². The number of nitrogens with zero attached hydrogens (tertiary/aromatic N) is 3. The first-order valence-electron chi connectivity index (χ1n) is 11.7. The molecule has 2 aliphatic rings. The summed E-state index contributed by atoms with van der Waals surface area (Å²) in [6, 6.07) is 17.4. The molecule has 2 amide bonds. The highest BCUT2D eigenvalue weighted by Gasteiger charge is 2.36. The molecule has 5 rings (SSSR count). The normalized spacial score (nSPS) is 19.6. The summed E-state index contributed by atoms with van der Waals surface area (Å²) in [6.07, 6.45) is 0. The van der Waals surface area contributed by atoms with E-state index in [1.165, 1.54) is 0 Å². The lowest BCUT2D eigenvalue weighted by Crippen LogP contribution is -2.61. The van der Waals surface area contributed by atoms with Crippen LogP contribution in [0.25, 0.3) is 10.9 Å². The number of nitrogens with one attached hydrogen (secondary N) is 1. The van der Waals surface area contributed by atoms with E-state index in [9.17, 15) is 9.59 Å². The van der Waals surface area contributed by atoms with E-state index in [4.69, 9.17) is 9.47 Å². The third-order valence-electron chi connectivity index (χ3n) is 6.63. The Balaban J connectivity index is 1.37. The number of piperazine rings is 1. The van der Waals surface area contributed by atoms with Crippen LogP contribution in [0.4, 0.5) is 0 Å². The number of hydrogen-bond donors (Lipinski definition) is 1. The van der Waals surface area contributed by atoms with E-state index in [2.05, 4.69) is 9.88 Å². The van der Waals surface area contributed by atoms with Gasteiger partial charge < -0.3 is 24.3 Å². The summed E-state index contributed by atoms with van der Waals surface area (Å²) in [5, 5.41) is 0.904. The Morgan fingerprint density at radius 3 is 2.68 bits per heavy atom. The van der Waals surface area contributed by atoms with Gasteiger partial charge in [0.25, 0.3) is 5.91 Å². The van der Waals surface area contributed by atoms with Crippen LogP contribution in [0.2, 0.25) is 0 Å². The summed E-state index contributed by atoms with van der Waals surface area (Å²) in [5.74, 6) is 0.551. The maximum atomic E-state index is 13.4. The van der Waals surface area contributed by atoms with Crippen LogP contribution in [0.3, 0.4) is 0 Å². The third-order valence-corrected chi connectivity index (χ3v) is 6.63. The summed E-state index contributed by atoms with van der Waals surface area (Å²) >= 11 is 0. The number of hydrogen-bond acceptors (Lipinski definition) is 5. The first-order valence-corrected chi connectivity index (χ1v) is 11.7. The van der Waals surface area contributed by atoms with E-state index in [0.29, 0.717) is 32.0 Å². The zero-order valence-corrected chi connectivity index (χ0v) is 19.4. The van der Waals surface area contributed by atoms with Crippen molar-refractivity contribution in [2.24, 2.45) is 0 Å². The van der Waals surface area contributed by atoms with Crippen LogP contribution in [0.5, 0.6) is 5.75 Å². The van der Waals surface area contributed by atoms with Gasteiger partial charge in [0.05, 0.1) is 26.4 Å². The van der Waals surface area contributed by atoms with Crippen LogP contribution in [0.15, 0.2) is 54.6 Å². The minimum Gasteiger partial charge on any atom is -0.497 e. The first-order chi connectivity index (χ1) is 16.6. The highest BCUT2D eigenvalue weighted by molar-refractivity contribution is 6.00. The maximum Gasteiger partial charge on any atom is 0.270 e. The molecule has 0 unspecified atom stereocenters. The first kappa shape index (κ1) is 22.4. The van der Waals surface area contributed by atoms with Crippen LogP contribution in [0, 0.1) is 0 Å². The highest BCUT2D eigenvalue weighted by atomic mass is 16.5. The molecule has 2 saturated heterocycles.